The number of hydrazine groups is 1. The van der Waals surface area contributed by atoms with Crippen LogP contribution in [0.3, 0.4) is 0 Å². The predicted octanol–water partition coefficient (Wildman–Crippen LogP) is 0.524. The summed E-state index contributed by atoms with van der Waals surface area (Å²) in [4.78, 5) is 10.9. The normalized spacial score (nSPS) is 10.8. The van der Waals surface area contributed by atoms with Crippen molar-refractivity contribution in [3.63, 3.8) is 0 Å². The zero-order valence-corrected chi connectivity index (χ0v) is 8.04. The van der Waals surface area contributed by atoms with Crippen molar-refractivity contribution in [2.75, 3.05) is 13.2 Å². The van der Waals surface area contributed by atoms with E-state index in [1.165, 1.54) is 0 Å². The summed E-state index contributed by atoms with van der Waals surface area (Å²) >= 11 is 0. The molecular weight excluding hydrogens is 156 g/mol. The average Bonchev–Trinajstić information content (AvgIpc) is 2.00. The van der Waals surface area contributed by atoms with Crippen LogP contribution in [0.25, 0.3) is 0 Å². The number of ether oxygens (including phenoxy) is 1. The van der Waals surface area contributed by atoms with Crippen LogP contribution < -0.4 is 5.84 Å². The SMILES string of the molecule is CCOC(=O)CCN(N)C(C)C. The van der Waals surface area contributed by atoms with Crippen molar-refractivity contribution < 1.29 is 9.53 Å². The first-order chi connectivity index (χ1) is 5.57. The van der Waals surface area contributed by atoms with E-state index in [1.54, 1.807) is 11.9 Å². The Balaban J connectivity index is 3.47. The lowest BCUT2D eigenvalue weighted by Gasteiger charge is -2.19. The Bertz CT molecular complexity index is 137. The number of carbonyl (C=O) groups is 1. The van der Waals surface area contributed by atoms with Crippen molar-refractivity contribution in [2.45, 2.75) is 33.2 Å². The monoisotopic (exact) mass is 174 g/mol. The van der Waals surface area contributed by atoms with Crippen LogP contribution in [0.4, 0.5) is 0 Å². The molecular formula is C8H18N2O2. The number of hydrogen-bond donors (Lipinski definition) is 1. The first kappa shape index (κ1) is 11.4. The molecule has 0 aliphatic carbocycles. The molecule has 0 saturated carbocycles. The standard InChI is InChI=1S/C8H18N2O2/c1-4-12-8(11)5-6-10(9)7(2)3/h7H,4-6,9H2,1-3H3. The van der Waals surface area contributed by atoms with Crippen LogP contribution in [0.1, 0.15) is 27.2 Å². The van der Waals surface area contributed by atoms with Gasteiger partial charge in [0.05, 0.1) is 13.0 Å². The molecule has 0 atom stereocenters. The second-order valence-corrected chi connectivity index (χ2v) is 2.89. The van der Waals surface area contributed by atoms with Crippen molar-refractivity contribution in [3.8, 4) is 0 Å². The molecule has 0 aromatic rings. The summed E-state index contributed by atoms with van der Waals surface area (Å²) in [5.74, 6) is 5.40. The minimum absolute atomic E-state index is 0.186. The van der Waals surface area contributed by atoms with Gasteiger partial charge in [-0.15, -0.1) is 0 Å². The number of esters is 1. The van der Waals surface area contributed by atoms with E-state index in [9.17, 15) is 4.79 Å². The molecule has 0 bridgehead atoms. The molecule has 0 spiro atoms. The summed E-state index contributed by atoms with van der Waals surface area (Å²) in [5, 5.41) is 1.62. The fraction of sp³-hybridized carbons (Fsp3) is 0.875. The van der Waals surface area contributed by atoms with Crippen molar-refractivity contribution >= 4 is 5.97 Å². The van der Waals surface area contributed by atoms with Crippen molar-refractivity contribution in [1.82, 2.24) is 5.01 Å². The Morgan fingerprint density at radius 3 is 2.58 bits per heavy atom. The van der Waals surface area contributed by atoms with Gasteiger partial charge in [0, 0.05) is 12.6 Å². The number of nitrogens with zero attached hydrogens (tertiary/aromatic N) is 1. The molecule has 0 rings (SSSR count). The third-order valence-corrected chi connectivity index (χ3v) is 1.54. The average molecular weight is 174 g/mol. The number of nitrogens with two attached hydrogens (primary N) is 1. The minimum Gasteiger partial charge on any atom is -0.466 e. The van der Waals surface area contributed by atoms with Gasteiger partial charge in [-0.05, 0) is 20.8 Å². The highest BCUT2D eigenvalue weighted by Crippen LogP contribution is 1.93. The molecule has 0 aromatic heterocycles. The quantitative estimate of drug-likeness (QED) is 0.375. The largest absolute Gasteiger partial charge is 0.466 e. The van der Waals surface area contributed by atoms with Crippen LogP contribution in [0, 0.1) is 0 Å². The Hall–Kier alpha value is -0.610. The molecule has 0 saturated heterocycles. The van der Waals surface area contributed by atoms with E-state index in [4.69, 9.17) is 10.6 Å². The summed E-state index contributed by atoms with van der Waals surface area (Å²) in [6.07, 6.45) is 0.364. The van der Waals surface area contributed by atoms with Gasteiger partial charge < -0.3 is 4.74 Å². The summed E-state index contributed by atoms with van der Waals surface area (Å²) < 4.78 is 4.75. The molecule has 72 valence electrons. The lowest BCUT2D eigenvalue weighted by atomic mass is 10.3. The van der Waals surface area contributed by atoms with Crippen LogP contribution in [-0.4, -0.2) is 30.2 Å². The van der Waals surface area contributed by atoms with Crippen LogP contribution in [0.15, 0.2) is 0 Å². The molecule has 0 unspecified atom stereocenters. The van der Waals surface area contributed by atoms with E-state index in [-0.39, 0.29) is 12.0 Å². The maximum Gasteiger partial charge on any atom is 0.307 e. The van der Waals surface area contributed by atoms with E-state index in [1.807, 2.05) is 13.8 Å². The Labute approximate surface area is 73.6 Å². The first-order valence-electron chi connectivity index (χ1n) is 4.24. The van der Waals surface area contributed by atoms with Gasteiger partial charge in [-0.3, -0.25) is 10.6 Å². The maximum absolute atomic E-state index is 10.9. The third-order valence-electron chi connectivity index (χ3n) is 1.54. The van der Waals surface area contributed by atoms with E-state index in [0.717, 1.165) is 0 Å². The molecule has 0 aromatic carbocycles. The number of carbonyl (C=O) groups excluding carboxylic acids is 1. The summed E-state index contributed by atoms with van der Waals surface area (Å²) in [6.45, 7) is 6.73. The molecule has 0 amide bonds. The highest BCUT2D eigenvalue weighted by atomic mass is 16.5. The van der Waals surface area contributed by atoms with Gasteiger partial charge in [-0.2, -0.15) is 0 Å². The highest BCUT2D eigenvalue weighted by Gasteiger charge is 2.07. The Kier molecular flexibility index (Phi) is 5.66. The van der Waals surface area contributed by atoms with Gasteiger partial charge in [0.2, 0.25) is 0 Å². The second-order valence-electron chi connectivity index (χ2n) is 2.89. The van der Waals surface area contributed by atoms with Crippen LogP contribution in [0.2, 0.25) is 0 Å². The van der Waals surface area contributed by atoms with Crippen LogP contribution >= 0.6 is 0 Å². The van der Waals surface area contributed by atoms with Crippen LogP contribution in [0.5, 0.6) is 0 Å². The Morgan fingerprint density at radius 1 is 1.58 bits per heavy atom. The van der Waals surface area contributed by atoms with E-state index in [2.05, 4.69) is 0 Å². The third kappa shape index (κ3) is 5.09. The first-order valence-corrected chi connectivity index (χ1v) is 4.24. The van der Waals surface area contributed by atoms with E-state index >= 15 is 0 Å². The second kappa shape index (κ2) is 5.97. The zero-order chi connectivity index (χ0) is 9.56. The van der Waals surface area contributed by atoms with Gasteiger partial charge in [0.1, 0.15) is 0 Å². The fourth-order valence-electron chi connectivity index (χ4n) is 0.712. The summed E-state index contributed by atoms with van der Waals surface area (Å²) in [7, 11) is 0. The van der Waals surface area contributed by atoms with Gasteiger partial charge in [0.25, 0.3) is 0 Å². The number of rotatable bonds is 5. The van der Waals surface area contributed by atoms with Crippen LogP contribution in [-0.2, 0) is 9.53 Å². The fourth-order valence-corrected chi connectivity index (χ4v) is 0.712. The highest BCUT2D eigenvalue weighted by molar-refractivity contribution is 5.69. The maximum atomic E-state index is 10.9. The van der Waals surface area contributed by atoms with E-state index < -0.39 is 0 Å². The van der Waals surface area contributed by atoms with Gasteiger partial charge >= 0.3 is 5.97 Å². The minimum atomic E-state index is -0.186. The molecule has 0 aliphatic heterocycles. The summed E-state index contributed by atoms with van der Waals surface area (Å²) in [5.41, 5.74) is 0. The lowest BCUT2D eigenvalue weighted by Crippen LogP contribution is -2.39. The molecule has 0 fully saturated rings. The van der Waals surface area contributed by atoms with Crippen molar-refractivity contribution in [2.24, 2.45) is 5.84 Å². The lowest BCUT2D eigenvalue weighted by molar-refractivity contribution is -0.143. The molecule has 0 heterocycles. The smallest absolute Gasteiger partial charge is 0.307 e. The predicted molar refractivity (Wildman–Crippen MR) is 47.3 cm³/mol. The van der Waals surface area contributed by atoms with E-state index in [0.29, 0.717) is 19.6 Å². The van der Waals surface area contributed by atoms with Crippen molar-refractivity contribution in [3.05, 3.63) is 0 Å². The van der Waals surface area contributed by atoms with Gasteiger partial charge in [-0.25, -0.2) is 5.01 Å². The molecule has 12 heavy (non-hydrogen) atoms. The zero-order valence-electron chi connectivity index (χ0n) is 8.04. The Morgan fingerprint density at radius 2 is 2.17 bits per heavy atom. The van der Waals surface area contributed by atoms with Gasteiger partial charge in [-0.1, -0.05) is 0 Å². The molecule has 4 nitrogen and oxygen atoms in total. The summed E-state index contributed by atoms with van der Waals surface area (Å²) in [6, 6.07) is 0.263. The van der Waals surface area contributed by atoms with Gasteiger partial charge in [0.15, 0.2) is 0 Å². The topological polar surface area (TPSA) is 55.6 Å². The molecule has 4 heteroatoms. The van der Waals surface area contributed by atoms with Crippen molar-refractivity contribution in [1.29, 1.82) is 0 Å². The number of hydrogen-bond acceptors (Lipinski definition) is 4. The molecule has 0 radical (unpaired) electrons. The molecule has 0 aliphatic rings. The molecule has 2 N–H and O–H groups in total.